The van der Waals surface area contributed by atoms with Gasteiger partial charge >= 0.3 is 0 Å². The summed E-state index contributed by atoms with van der Waals surface area (Å²) in [6.45, 7) is 2.02. The zero-order valence-electron chi connectivity index (χ0n) is 11.2. The zero-order chi connectivity index (χ0) is 13.4. The molecule has 19 heavy (non-hydrogen) atoms. The van der Waals surface area contributed by atoms with Crippen molar-refractivity contribution in [3.8, 4) is 0 Å². The molecule has 1 aromatic rings. The van der Waals surface area contributed by atoms with Crippen LogP contribution in [0, 0.1) is 0 Å². The second-order valence-corrected chi connectivity index (χ2v) is 5.98. The van der Waals surface area contributed by atoms with E-state index in [9.17, 15) is 5.11 Å². The van der Waals surface area contributed by atoms with E-state index in [1.165, 1.54) is 19.3 Å². The molecule has 0 aromatic carbocycles. The topological polar surface area (TPSA) is 39.6 Å². The molecule has 0 radical (unpaired) electrons. The average Bonchev–Trinajstić information content (AvgIpc) is 2.64. The van der Waals surface area contributed by atoms with Crippen molar-refractivity contribution in [1.29, 1.82) is 0 Å². The van der Waals surface area contributed by atoms with E-state index >= 15 is 0 Å². The second-order valence-electron chi connectivity index (χ2n) is 5.58. The largest absolute Gasteiger partial charge is 0.392 e. The van der Waals surface area contributed by atoms with Gasteiger partial charge in [-0.3, -0.25) is 4.90 Å². The van der Waals surface area contributed by atoms with Gasteiger partial charge in [0, 0.05) is 36.9 Å². The van der Waals surface area contributed by atoms with Crippen molar-refractivity contribution in [2.75, 3.05) is 25.0 Å². The van der Waals surface area contributed by atoms with Crippen LogP contribution in [0.5, 0.6) is 0 Å². The third-order valence-corrected chi connectivity index (χ3v) is 4.90. The lowest BCUT2D eigenvalue weighted by molar-refractivity contribution is 0.254. The van der Waals surface area contributed by atoms with E-state index in [1.54, 1.807) is 6.20 Å². The first-order valence-electron chi connectivity index (χ1n) is 6.91. The van der Waals surface area contributed by atoms with Gasteiger partial charge in [0.05, 0.1) is 11.6 Å². The van der Waals surface area contributed by atoms with Crippen LogP contribution >= 0.6 is 11.6 Å². The zero-order valence-corrected chi connectivity index (χ0v) is 12.0. The fraction of sp³-hybridized carbons (Fsp3) is 0.643. The van der Waals surface area contributed by atoms with E-state index in [-0.39, 0.29) is 6.61 Å². The molecule has 2 bridgehead atoms. The van der Waals surface area contributed by atoms with E-state index < -0.39 is 0 Å². The lowest BCUT2D eigenvalue weighted by Crippen LogP contribution is -2.37. The number of anilines is 1. The van der Waals surface area contributed by atoms with Crippen molar-refractivity contribution >= 4 is 17.4 Å². The fourth-order valence-electron chi connectivity index (χ4n) is 3.28. The van der Waals surface area contributed by atoms with E-state index in [1.807, 2.05) is 6.07 Å². The Morgan fingerprint density at radius 3 is 2.95 bits per heavy atom. The third-order valence-electron chi connectivity index (χ3n) is 4.56. The molecule has 0 amide bonds. The Hall–Kier alpha value is -0.840. The number of rotatable bonds is 2. The maximum absolute atomic E-state index is 9.31. The number of aliphatic hydroxyl groups is 1. The molecule has 2 saturated heterocycles. The summed E-state index contributed by atoms with van der Waals surface area (Å²) in [6.07, 6.45) is 5.43. The number of nitrogens with zero attached hydrogens (tertiary/aromatic N) is 3. The molecule has 3 rings (SSSR count). The lowest BCUT2D eigenvalue weighted by Gasteiger charge is -2.27. The Labute approximate surface area is 119 Å². The van der Waals surface area contributed by atoms with Gasteiger partial charge in [0.25, 0.3) is 0 Å². The minimum atomic E-state index is -0.0336. The van der Waals surface area contributed by atoms with Crippen molar-refractivity contribution in [1.82, 2.24) is 9.88 Å². The van der Waals surface area contributed by atoms with E-state index in [4.69, 9.17) is 11.6 Å². The van der Waals surface area contributed by atoms with Gasteiger partial charge in [-0.15, -0.1) is 0 Å². The number of aliphatic hydroxyl groups excluding tert-OH is 1. The van der Waals surface area contributed by atoms with Gasteiger partial charge in [0.15, 0.2) is 0 Å². The van der Waals surface area contributed by atoms with Crippen molar-refractivity contribution < 1.29 is 5.11 Å². The van der Waals surface area contributed by atoms with Crippen molar-refractivity contribution in [3.05, 3.63) is 22.8 Å². The van der Waals surface area contributed by atoms with Gasteiger partial charge in [-0.2, -0.15) is 0 Å². The molecule has 2 aliphatic rings. The Kier molecular flexibility index (Phi) is 3.65. The molecule has 5 heteroatoms. The first-order valence-corrected chi connectivity index (χ1v) is 7.29. The molecular weight excluding hydrogens is 262 g/mol. The summed E-state index contributed by atoms with van der Waals surface area (Å²) in [5.74, 6) is 0.939. The van der Waals surface area contributed by atoms with Gasteiger partial charge in [-0.05, 0) is 32.4 Å². The SMILES string of the molecule is CN1C2CCC1CN(c1cc(CO)c(Cl)cn1)CC2. The van der Waals surface area contributed by atoms with Gasteiger partial charge in [-0.25, -0.2) is 4.98 Å². The van der Waals surface area contributed by atoms with Crippen LogP contribution in [0.15, 0.2) is 12.3 Å². The number of halogens is 1. The molecule has 0 aliphatic carbocycles. The Morgan fingerprint density at radius 2 is 2.16 bits per heavy atom. The lowest BCUT2D eigenvalue weighted by atomic mass is 10.1. The van der Waals surface area contributed by atoms with Crippen molar-refractivity contribution in [2.45, 2.75) is 38.0 Å². The van der Waals surface area contributed by atoms with Crippen LogP contribution in [0.25, 0.3) is 0 Å². The summed E-state index contributed by atoms with van der Waals surface area (Å²) in [7, 11) is 2.24. The highest BCUT2D eigenvalue weighted by Gasteiger charge is 2.34. The van der Waals surface area contributed by atoms with Crippen LogP contribution < -0.4 is 4.90 Å². The minimum absolute atomic E-state index is 0.0336. The number of aromatic nitrogens is 1. The molecule has 1 aromatic heterocycles. The number of pyridine rings is 1. The predicted molar refractivity (Wildman–Crippen MR) is 76.6 cm³/mol. The third kappa shape index (κ3) is 2.45. The summed E-state index contributed by atoms with van der Waals surface area (Å²) >= 11 is 6.00. The number of hydrogen-bond acceptors (Lipinski definition) is 4. The van der Waals surface area contributed by atoms with E-state index in [2.05, 4.69) is 21.8 Å². The van der Waals surface area contributed by atoms with Crippen LogP contribution in [-0.2, 0) is 6.61 Å². The minimum Gasteiger partial charge on any atom is -0.392 e. The monoisotopic (exact) mass is 281 g/mol. The number of fused-ring (bicyclic) bond motifs is 2. The molecule has 2 atom stereocenters. The fourth-order valence-corrected chi connectivity index (χ4v) is 3.44. The standard InChI is InChI=1S/C14H20ClN3O/c1-17-11-2-3-12(17)8-18(5-4-11)14-6-10(9-19)13(15)7-16-14/h6-7,11-12,19H,2-5,8-9H2,1H3. The molecule has 2 aliphatic heterocycles. The molecule has 4 nitrogen and oxygen atoms in total. The second kappa shape index (κ2) is 5.27. The Balaban J connectivity index is 1.82. The van der Waals surface area contributed by atoms with Crippen molar-refractivity contribution in [3.63, 3.8) is 0 Å². The predicted octanol–water partition coefficient (Wildman–Crippen LogP) is 1.90. The first-order chi connectivity index (χ1) is 9.19. The van der Waals surface area contributed by atoms with E-state index in [0.717, 1.165) is 30.5 Å². The molecule has 0 saturated carbocycles. The molecule has 0 spiro atoms. The maximum atomic E-state index is 9.31. The highest BCUT2D eigenvalue weighted by atomic mass is 35.5. The highest BCUT2D eigenvalue weighted by Crippen LogP contribution is 2.30. The van der Waals surface area contributed by atoms with Crippen LogP contribution in [0.3, 0.4) is 0 Å². The summed E-state index contributed by atoms with van der Waals surface area (Å²) in [6, 6.07) is 3.27. The van der Waals surface area contributed by atoms with Crippen LogP contribution in [0.4, 0.5) is 5.82 Å². The van der Waals surface area contributed by atoms with Crippen LogP contribution in [0.2, 0.25) is 5.02 Å². The highest BCUT2D eigenvalue weighted by molar-refractivity contribution is 6.31. The molecule has 1 N–H and O–H groups in total. The first kappa shape index (κ1) is 13.2. The molecular formula is C14H20ClN3O. The quantitative estimate of drug-likeness (QED) is 0.899. The van der Waals surface area contributed by atoms with Gasteiger partial charge in [0.2, 0.25) is 0 Å². The smallest absolute Gasteiger partial charge is 0.128 e. The summed E-state index contributed by atoms with van der Waals surface area (Å²) in [5, 5.41) is 9.85. The number of likely N-dealkylation sites (N-methyl/N-ethyl adjacent to an activating group) is 1. The summed E-state index contributed by atoms with van der Waals surface area (Å²) in [5.41, 5.74) is 0.759. The van der Waals surface area contributed by atoms with Crippen molar-refractivity contribution in [2.24, 2.45) is 0 Å². The van der Waals surface area contributed by atoms with Gasteiger partial charge in [-0.1, -0.05) is 11.6 Å². The molecule has 104 valence electrons. The van der Waals surface area contributed by atoms with Gasteiger partial charge in [0.1, 0.15) is 5.82 Å². The van der Waals surface area contributed by atoms with Crippen LogP contribution in [-0.4, -0.2) is 47.2 Å². The molecule has 2 unspecified atom stereocenters. The Morgan fingerprint density at radius 1 is 1.37 bits per heavy atom. The molecule has 3 heterocycles. The maximum Gasteiger partial charge on any atom is 0.128 e. The van der Waals surface area contributed by atoms with Gasteiger partial charge < -0.3 is 10.0 Å². The number of hydrogen-bond donors (Lipinski definition) is 1. The average molecular weight is 282 g/mol. The molecule has 2 fully saturated rings. The van der Waals surface area contributed by atoms with E-state index in [0.29, 0.717) is 11.1 Å². The summed E-state index contributed by atoms with van der Waals surface area (Å²) < 4.78 is 0. The van der Waals surface area contributed by atoms with Crippen LogP contribution in [0.1, 0.15) is 24.8 Å². The normalized spacial score (nSPS) is 27.6. The summed E-state index contributed by atoms with van der Waals surface area (Å²) in [4.78, 5) is 9.27. The Bertz CT molecular complexity index is 468.